The predicted octanol–water partition coefficient (Wildman–Crippen LogP) is 1.42. The average molecular weight is 270 g/mol. The summed E-state index contributed by atoms with van der Waals surface area (Å²) < 4.78 is 0. The van der Waals surface area contributed by atoms with Crippen LogP contribution in [-0.2, 0) is 9.59 Å². The molecule has 102 valence electrons. The van der Waals surface area contributed by atoms with E-state index in [1.54, 1.807) is 11.8 Å². The van der Waals surface area contributed by atoms with Gasteiger partial charge in [0.15, 0.2) is 0 Å². The lowest BCUT2D eigenvalue weighted by Crippen LogP contribution is -2.49. The molecule has 0 aromatic carbocycles. The Balaban J connectivity index is 2.33. The smallest absolute Gasteiger partial charge is 0.232 e. The number of nitrogens with zero attached hydrogens (tertiary/aromatic N) is 1. The zero-order chi connectivity index (χ0) is 13.5. The molecule has 1 N–H and O–H groups in total. The number of carbonyl (C=O) groups excluding carboxylic acids is 2. The van der Waals surface area contributed by atoms with Crippen molar-refractivity contribution in [3.05, 3.63) is 12.2 Å². The number of hydrogen-bond donors (Lipinski definition) is 1. The standard InChI is InChI=1S/C13H22N2O2S/c1-10(2)8-18-9-13(17)15-6-4-5-12(7-15)14-11(3)16/h12H,1,4-9H2,2-3H3,(H,14,16)/t12-/m0/s1. The molecule has 1 aliphatic heterocycles. The Hall–Kier alpha value is -0.970. The fourth-order valence-corrected chi connectivity index (χ4v) is 2.82. The number of rotatable bonds is 5. The minimum atomic E-state index is -0.0223. The van der Waals surface area contributed by atoms with Crippen LogP contribution in [0, 0.1) is 0 Å². The second-order valence-electron chi connectivity index (χ2n) is 4.83. The maximum Gasteiger partial charge on any atom is 0.232 e. The number of likely N-dealkylation sites (tertiary alicyclic amines) is 1. The quantitative estimate of drug-likeness (QED) is 0.769. The number of amides is 2. The van der Waals surface area contributed by atoms with E-state index in [0.29, 0.717) is 12.3 Å². The first-order valence-corrected chi connectivity index (χ1v) is 7.41. The van der Waals surface area contributed by atoms with Crippen molar-refractivity contribution in [2.75, 3.05) is 24.6 Å². The highest BCUT2D eigenvalue weighted by Gasteiger charge is 2.23. The summed E-state index contributed by atoms with van der Waals surface area (Å²) in [6, 6.07) is 0.117. The van der Waals surface area contributed by atoms with Gasteiger partial charge in [-0.1, -0.05) is 12.2 Å². The summed E-state index contributed by atoms with van der Waals surface area (Å²) in [5.74, 6) is 1.47. The molecule has 1 atom stereocenters. The zero-order valence-electron chi connectivity index (χ0n) is 11.2. The van der Waals surface area contributed by atoms with Gasteiger partial charge in [0, 0.05) is 31.8 Å². The molecule has 4 nitrogen and oxygen atoms in total. The fourth-order valence-electron chi connectivity index (χ4n) is 2.01. The molecular weight excluding hydrogens is 248 g/mol. The van der Waals surface area contributed by atoms with E-state index in [4.69, 9.17) is 0 Å². The third-order valence-corrected chi connectivity index (χ3v) is 3.90. The first-order chi connectivity index (χ1) is 8.49. The molecule has 1 saturated heterocycles. The molecule has 0 bridgehead atoms. The Morgan fingerprint density at radius 1 is 1.39 bits per heavy atom. The second-order valence-corrected chi connectivity index (χ2v) is 5.81. The van der Waals surface area contributed by atoms with Crippen LogP contribution in [0.2, 0.25) is 0 Å². The van der Waals surface area contributed by atoms with E-state index in [9.17, 15) is 9.59 Å². The minimum Gasteiger partial charge on any atom is -0.352 e. The highest BCUT2D eigenvalue weighted by atomic mass is 32.2. The molecule has 0 radical (unpaired) electrons. The average Bonchev–Trinajstić information content (AvgIpc) is 2.27. The lowest BCUT2D eigenvalue weighted by atomic mass is 10.1. The molecule has 1 aliphatic rings. The Morgan fingerprint density at radius 2 is 2.11 bits per heavy atom. The third kappa shape index (κ3) is 5.58. The lowest BCUT2D eigenvalue weighted by molar-refractivity contribution is -0.130. The number of nitrogens with one attached hydrogen (secondary N) is 1. The van der Waals surface area contributed by atoms with Crippen molar-refractivity contribution in [1.82, 2.24) is 10.2 Å². The molecule has 0 spiro atoms. The van der Waals surface area contributed by atoms with Crippen LogP contribution in [0.4, 0.5) is 0 Å². The van der Waals surface area contributed by atoms with Crippen LogP contribution in [0.1, 0.15) is 26.7 Å². The Kier molecular flexibility index (Phi) is 6.25. The molecule has 1 rings (SSSR count). The van der Waals surface area contributed by atoms with Crippen molar-refractivity contribution in [2.24, 2.45) is 0 Å². The van der Waals surface area contributed by atoms with Gasteiger partial charge in [-0.15, -0.1) is 11.8 Å². The number of hydrogen-bond acceptors (Lipinski definition) is 3. The maximum absolute atomic E-state index is 12.0. The molecule has 0 unspecified atom stereocenters. The highest BCUT2D eigenvalue weighted by molar-refractivity contribution is 8.00. The molecule has 0 aliphatic carbocycles. The van der Waals surface area contributed by atoms with E-state index in [0.717, 1.165) is 30.7 Å². The molecular formula is C13H22N2O2S. The normalized spacial score (nSPS) is 19.4. The van der Waals surface area contributed by atoms with E-state index >= 15 is 0 Å². The van der Waals surface area contributed by atoms with Crippen LogP contribution in [0.25, 0.3) is 0 Å². The van der Waals surface area contributed by atoms with Crippen LogP contribution in [0.3, 0.4) is 0 Å². The van der Waals surface area contributed by atoms with Crippen LogP contribution >= 0.6 is 11.8 Å². The van der Waals surface area contributed by atoms with Gasteiger partial charge in [0.25, 0.3) is 0 Å². The van der Waals surface area contributed by atoms with E-state index < -0.39 is 0 Å². The molecule has 18 heavy (non-hydrogen) atoms. The Labute approximate surface area is 113 Å². The van der Waals surface area contributed by atoms with Gasteiger partial charge in [-0.3, -0.25) is 9.59 Å². The van der Waals surface area contributed by atoms with Crippen LogP contribution in [-0.4, -0.2) is 47.4 Å². The largest absolute Gasteiger partial charge is 0.352 e. The van der Waals surface area contributed by atoms with E-state index in [1.165, 1.54) is 6.92 Å². The van der Waals surface area contributed by atoms with Crippen molar-refractivity contribution in [3.63, 3.8) is 0 Å². The van der Waals surface area contributed by atoms with Gasteiger partial charge in [0.05, 0.1) is 5.75 Å². The molecule has 5 heteroatoms. The molecule has 0 aromatic heterocycles. The van der Waals surface area contributed by atoms with E-state index in [-0.39, 0.29) is 17.9 Å². The SMILES string of the molecule is C=C(C)CSCC(=O)N1CCC[C@H](NC(C)=O)C1. The van der Waals surface area contributed by atoms with Crippen molar-refractivity contribution in [1.29, 1.82) is 0 Å². The summed E-state index contributed by atoms with van der Waals surface area (Å²) in [5.41, 5.74) is 1.09. The summed E-state index contributed by atoms with van der Waals surface area (Å²) in [6.45, 7) is 8.75. The molecule has 0 aromatic rings. The first-order valence-electron chi connectivity index (χ1n) is 6.26. The van der Waals surface area contributed by atoms with Crippen LogP contribution < -0.4 is 5.32 Å². The van der Waals surface area contributed by atoms with Gasteiger partial charge in [0.1, 0.15) is 0 Å². The van der Waals surface area contributed by atoms with Gasteiger partial charge in [-0.05, 0) is 19.8 Å². The lowest BCUT2D eigenvalue weighted by Gasteiger charge is -2.33. The summed E-state index contributed by atoms with van der Waals surface area (Å²) in [4.78, 5) is 24.8. The maximum atomic E-state index is 12.0. The highest BCUT2D eigenvalue weighted by Crippen LogP contribution is 2.13. The van der Waals surface area contributed by atoms with Gasteiger partial charge >= 0.3 is 0 Å². The zero-order valence-corrected chi connectivity index (χ0v) is 12.0. The van der Waals surface area contributed by atoms with Crippen molar-refractivity contribution < 1.29 is 9.59 Å². The van der Waals surface area contributed by atoms with Crippen LogP contribution in [0.15, 0.2) is 12.2 Å². The van der Waals surface area contributed by atoms with Crippen molar-refractivity contribution >= 4 is 23.6 Å². The second kappa shape index (κ2) is 7.46. The van der Waals surface area contributed by atoms with Gasteiger partial charge in [-0.25, -0.2) is 0 Å². The predicted molar refractivity (Wildman–Crippen MR) is 75.6 cm³/mol. The molecule has 2 amide bonds. The van der Waals surface area contributed by atoms with Crippen LogP contribution in [0.5, 0.6) is 0 Å². The van der Waals surface area contributed by atoms with Crippen molar-refractivity contribution in [3.8, 4) is 0 Å². The van der Waals surface area contributed by atoms with Gasteiger partial charge in [-0.2, -0.15) is 0 Å². The number of piperidine rings is 1. The Bertz CT molecular complexity index is 331. The molecule has 1 heterocycles. The molecule has 1 fully saturated rings. The molecule has 0 saturated carbocycles. The summed E-state index contributed by atoms with van der Waals surface area (Å²) in [6.07, 6.45) is 1.92. The van der Waals surface area contributed by atoms with Gasteiger partial charge < -0.3 is 10.2 Å². The first kappa shape index (κ1) is 15.1. The number of thioether (sulfide) groups is 1. The van der Waals surface area contributed by atoms with Gasteiger partial charge in [0.2, 0.25) is 11.8 Å². The summed E-state index contributed by atoms with van der Waals surface area (Å²) >= 11 is 1.60. The third-order valence-electron chi connectivity index (χ3n) is 2.76. The fraction of sp³-hybridized carbons (Fsp3) is 0.692. The minimum absolute atomic E-state index is 0.0223. The summed E-state index contributed by atoms with van der Waals surface area (Å²) in [5, 5.41) is 2.89. The van der Waals surface area contributed by atoms with Crippen molar-refractivity contribution in [2.45, 2.75) is 32.7 Å². The number of carbonyl (C=O) groups is 2. The Morgan fingerprint density at radius 3 is 2.72 bits per heavy atom. The topological polar surface area (TPSA) is 49.4 Å². The van der Waals surface area contributed by atoms with E-state index in [1.807, 2.05) is 11.8 Å². The monoisotopic (exact) mass is 270 g/mol. The van der Waals surface area contributed by atoms with E-state index in [2.05, 4.69) is 11.9 Å². The summed E-state index contributed by atoms with van der Waals surface area (Å²) in [7, 11) is 0.